The molecule has 2 heteroatoms. The van der Waals surface area contributed by atoms with Gasteiger partial charge >= 0.3 is 0 Å². The molecule has 0 amide bonds. The average molecular weight is 288 g/mol. The maximum atomic E-state index is 13.2. The van der Waals surface area contributed by atoms with Gasteiger partial charge in [-0.3, -0.25) is 4.79 Å². The van der Waals surface area contributed by atoms with Crippen LogP contribution in [0.15, 0.2) is 66.7 Å². The molecule has 108 valence electrons. The molecule has 2 bridgehead atoms. The highest BCUT2D eigenvalue weighted by Gasteiger charge is 2.65. The van der Waals surface area contributed by atoms with Gasteiger partial charge in [-0.05, 0) is 30.0 Å². The summed E-state index contributed by atoms with van der Waals surface area (Å²) >= 11 is 0. The molecule has 1 spiro atoms. The van der Waals surface area contributed by atoms with Crippen LogP contribution < -0.4 is 4.74 Å². The van der Waals surface area contributed by atoms with E-state index in [2.05, 4.69) is 24.3 Å². The van der Waals surface area contributed by atoms with Gasteiger partial charge in [0.05, 0.1) is 5.56 Å². The zero-order chi connectivity index (χ0) is 14.7. The fourth-order valence-corrected chi connectivity index (χ4v) is 4.63. The van der Waals surface area contributed by atoms with Gasteiger partial charge in [0, 0.05) is 11.8 Å². The van der Waals surface area contributed by atoms with Gasteiger partial charge < -0.3 is 4.74 Å². The molecular formula is C20H16O2. The van der Waals surface area contributed by atoms with Crippen molar-refractivity contribution in [2.24, 2.45) is 11.8 Å². The Balaban J connectivity index is 1.71. The molecule has 0 aromatic heterocycles. The van der Waals surface area contributed by atoms with Gasteiger partial charge in [0.1, 0.15) is 5.75 Å². The molecule has 1 saturated carbocycles. The van der Waals surface area contributed by atoms with E-state index in [1.54, 1.807) is 0 Å². The van der Waals surface area contributed by atoms with E-state index in [0.717, 1.165) is 17.7 Å². The van der Waals surface area contributed by atoms with Crippen LogP contribution in [0.25, 0.3) is 0 Å². The largest absolute Gasteiger partial charge is 0.477 e. The summed E-state index contributed by atoms with van der Waals surface area (Å²) in [5.74, 6) is 1.60. The molecule has 0 radical (unpaired) electrons. The fraction of sp³-hybridized carbons (Fsp3) is 0.250. The fourth-order valence-electron chi connectivity index (χ4n) is 4.63. The van der Waals surface area contributed by atoms with Gasteiger partial charge in [-0.1, -0.05) is 54.6 Å². The average Bonchev–Trinajstić information content (AvgIpc) is 3.22. The molecule has 2 nitrogen and oxygen atoms in total. The van der Waals surface area contributed by atoms with E-state index >= 15 is 0 Å². The molecule has 4 atom stereocenters. The lowest BCUT2D eigenvalue weighted by Gasteiger charge is -2.36. The van der Waals surface area contributed by atoms with Crippen molar-refractivity contribution in [3.63, 3.8) is 0 Å². The zero-order valence-corrected chi connectivity index (χ0v) is 12.1. The first-order chi connectivity index (χ1) is 10.8. The first-order valence-corrected chi connectivity index (χ1v) is 7.87. The number of para-hydroxylation sites is 1. The Morgan fingerprint density at radius 2 is 1.73 bits per heavy atom. The Kier molecular flexibility index (Phi) is 2.28. The molecule has 1 heterocycles. The lowest BCUT2D eigenvalue weighted by molar-refractivity contribution is 0.0360. The third kappa shape index (κ3) is 1.33. The van der Waals surface area contributed by atoms with Crippen molar-refractivity contribution < 1.29 is 9.53 Å². The summed E-state index contributed by atoms with van der Waals surface area (Å²) in [6.07, 6.45) is 5.47. The highest BCUT2D eigenvalue weighted by Crippen LogP contribution is 2.60. The van der Waals surface area contributed by atoms with Crippen LogP contribution in [0.1, 0.15) is 28.3 Å². The minimum atomic E-state index is -0.732. The number of hydrogen-bond donors (Lipinski definition) is 0. The highest BCUT2D eigenvalue weighted by molar-refractivity contribution is 6.09. The number of carbonyl (C=O) groups excluding carboxylic acids is 1. The summed E-state index contributed by atoms with van der Waals surface area (Å²) in [6, 6.07) is 18.0. The number of rotatable bonds is 1. The van der Waals surface area contributed by atoms with Crippen molar-refractivity contribution in [3.05, 3.63) is 77.9 Å². The van der Waals surface area contributed by atoms with Crippen molar-refractivity contribution in [1.29, 1.82) is 0 Å². The predicted octanol–water partition coefficient (Wildman–Crippen LogP) is 3.99. The molecular weight excluding hydrogens is 272 g/mol. The molecule has 0 saturated heterocycles. The first-order valence-electron chi connectivity index (χ1n) is 7.87. The second-order valence-corrected chi connectivity index (χ2v) is 6.50. The van der Waals surface area contributed by atoms with E-state index in [1.165, 1.54) is 5.56 Å². The predicted molar refractivity (Wildman–Crippen MR) is 84.1 cm³/mol. The second-order valence-electron chi connectivity index (χ2n) is 6.50. The second kappa shape index (κ2) is 4.10. The van der Waals surface area contributed by atoms with E-state index in [4.69, 9.17) is 4.74 Å². The van der Waals surface area contributed by atoms with Crippen LogP contribution in [0.3, 0.4) is 0 Å². The Morgan fingerprint density at radius 1 is 0.955 bits per heavy atom. The third-order valence-corrected chi connectivity index (χ3v) is 5.48. The first kappa shape index (κ1) is 12.2. The summed E-state index contributed by atoms with van der Waals surface area (Å²) < 4.78 is 6.37. The number of ketones is 1. The van der Waals surface area contributed by atoms with Crippen molar-refractivity contribution in [2.75, 3.05) is 0 Å². The van der Waals surface area contributed by atoms with E-state index in [-0.39, 0.29) is 17.6 Å². The van der Waals surface area contributed by atoms with Crippen LogP contribution in [0.5, 0.6) is 5.75 Å². The van der Waals surface area contributed by atoms with Crippen LogP contribution >= 0.6 is 0 Å². The Labute approximate surface area is 129 Å². The van der Waals surface area contributed by atoms with Crippen LogP contribution in [0.4, 0.5) is 0 Å². The molecule has 22 heavy (non-hydrogen) atoms. The van der Waals surface area contributed by atoms with Gasteiger partial charge in [0.25, 0.3) is 0 Å². The molecule has 0 unspecified atom stereocenters. The van der Waals surface area contributed by atoms with Crippen LogP contribution in [-0.2, 0) is 0 Å². The minimum absolute atomic E-state index is 0.114. The van der Waals surface area contributed by atoms with Gasteiger partial charge in [-0.2, -0.15) is 0 Å². The van der Waals surface area contributed by atoms with Crippen molar-refractivity contribution >= 4 is 5.78 Å². The molecule has 2 aromatic rings. The number of hydrogen-bond acceptors (Lipinski definition) is 2. The lowest BCUT2D eigenvalue weighted by atomic mass is 9.72. The lowest BCUT2D eigenvalue weighted by Crippen LogP contribution is -2.49. The van der Waals surface area contributed by atoms with Gasteiger partial charge in [0.2, 0.25) is 5.78 Å². The number of carbonyl (C=O) groups is 1. The molecule has 5 rings (SSSR count). The standard InChI is InChI=1S/C20H16O2/c21-19-16-8-4-5-9-17(16)22-20(19)15-11-10-14(12-15)18(20)13-6-2-1-3-7-13/h1-11,14-15,18H,12H2/t14-,15-,18-,20+/m0/s1. The minimum Gasteiger partial charge on any atom is -0.477 e. The normalized spacial score (nSPS) is 34.2. The van der Waals surface area contributed by atoms with Crippen molar-refractivity contribution in [3.8, 4) is 5.75 Å². The third-order valence-electron chi connectivity index (χ3n) is 5.48. The maximum Gasteiger partial charge on any atom is 0.211 e. The van der Waals surface area contributed by atoms with Gasteiger partial charge in [-0.25, -0.2) is 0 Å². The number of benzene rings is 2. The molecule has 2 aliphatic carbocycles. The number of fused-ring (bicyclic) bond motifs is 4. The van der Waals surface area contributed by atoms with E-state index in [1.807, 2.05) is 42.5 Å². The number of allylic oxidation sites excluding steroid dienone is 1. The van der Waals surface area contributed by atoms with Crippen LogP contribution in [0.2, 0.25) is 0 Å². The SMILES string of the molecule is O=C1c2ccccc2O[C@@]12[C@H]1C=C[C@@H](C1)[C@@H]2c1ccccc1. The smallest absolute Gasteiger partial charge is 0.211 e. The van der Waals surface area contributed by atoms with E-state index < -0.39 is 5.60 Å². The van der Waals surface area contributed by atoms with Crippen molar-refractivity contribution in [1.82, 2.24) is 0 Å². The van der Waals surface area contributed by atoms with Gasteiger partial charge in [-0.15, -0.1) is 0 Å². The van der Waals surface area contributed by atoms with Gasteiger partial charge in [0.15, 0.2) is 5.60 Å². The molecule has 3 aliphatic rings. The Hall–Kier alpha value is -2.35. The summed E-state index contributed by atoms with van der Waals surface area (Å²) in [7, 11) is 0. The van der Waals surface area contributed by atoms with Crippen LogP contribution in [-0.4, -0.2) is 11.4 Å². The molecule has 1 fully saturated rings. The van der Waals surface area contributed by atoms with Crippen LogP contribution in [0, 0.1) is 11.8 Å². The summed E-state index contributed by atoms with van der Waals surface area (Å²) in [5, 5.41) is 0. The number of Topliss-reactive ketones (excluding diaryl/α,β-unsaturated/α-hetero) is 1. The monoisotopic (exact) mass is 288 g/mol. The highest BCUT2D eigenvalue weighted by atomic mass is 16.5. The van der Waals surface area contributed by atoms with Crippen molar-refractivity contribution in [2.45, 2.75) is 17.9 Å². The topological polar surface area (TPSA) is 26.3 Å². The molecule has 2 aromatic carbocycles. The summed E-state index contributed by atoms with van der Waals surface area (Å²) in [6.45, 7) is 0. The summed E-state index contributed by atoms with van der Waals surface area (Å²) in [5.41, 5.74) is 1.22. The maximum absolute atomic E-state index is 13.2. The Bertz CT molecular complexity index is 792. The molecule has 0 N–H and O–H groups in total. The summed E-state index contributed by atoms with van der Waals surface area (Å²) in [4.78, 5) is 13.2. The quantitative estimate of drug-likeness (QED) is 0.742. The Morgan fingerprint density at radius 3 is 2.55 bits per heavy atom. The van der Waals surface area contributed by atoms with E-state index in [9.17, 15) is 4.79 Å². The molecule has 1 aliphatic heterocycles. The number of ether oxygens (including phenoxy) is 1. The zero-order valence-electron chi connectivity index (χ0n) is 12.1. The van der Waals surface area contributed by atoms with E-state index in [0.29, 0.717) is 5.92 Å².